The number of hydrogen-bond donors (Lipinski definition) is 2. The van der Waals surface area contributed by atoms with Gasteiger partial charge in [0.25, 0.3) is 0 Å². The number of methoxy groups -OCH3 is 1. The molecule has 0 spiro atoms. The Kier molecular flexibility index (Phi) is 9.73. The number of nitrogens with zero attached hydrogens (tertiary/aromatic N) is 6. The van der Waals surface area contributed by atoms with Crippen molar-refractivity contribution in [3.05, 3.63) is 42.1 Å². The number of carbonyl (C=O) groups excluding carboxylic acids is 1. The molecule has 39 heavy (non-hydrogen) atoms. The highest BCUT2D eigenvalue weighted by Crippen LogP contribution is 2.28. The fourth-order valence-electron chi connectivity index (χ4n) is 3.63. The maximum absolute atomic E-state index is 15.1. The zero-order valence-electron chi connectivity index (χ0n) is 22.9. The van der Waals surface area contributed by atoms with Gasteiger partial charge in [-0.05, 0) is 45.7 Å². The summed E-state index contributed by atoms with van der Waals surface area (Å²) in [5.74, 6) is -1.07. The molecule has 0 amide bonds. The molecule has 0 radical (unpaired) electrons. The third kappa shape index (κ3) is 8.08. The molecule has 2 atom stereocenters. The largest absolute Gasteiger partial charge is 0.479 e. The molecule has 3 heterocycles. The molecule has 3 aromatic heterocycles. The van der Waals surface area contributed by atoms with Gasteiger partial charge in [0.05, 0.1) is 56.0 Å². The van der Waals surface area contributed by atoms with E-state index >= 15 is 4.39 Å². The second kappa shape index (κ2) is 13.0. The quantitative estimate of drug-likeness (QED) is 0.321. The third-order valence-electron chi connectivity index (χ3n) is 5.47. The second-order valence-electron chi connectivity index (χ2n) is 9.73. The molecule has 0 aliphatic rings. The lowest BCUT2D eigenvalue weighted by molar-refractivity contribution is -0.156. The van der Waals surface area contributed by atoms with Crippen molar-refractivity contribution in [2.45, 2.75) is 52.7 Å². The van der Waals surface area contributed by atoms with Crippen molar-refractivity contribution in [3.63, 3.8) is 0 Å². The number of aromatic nitrogens is 5. The lowest BCUT2D eigenvalue weighted by Crippen LogP contribution is -2.35. The van der Waals surface area contributed by atoms with Crippen LogP contribution in [0.1, 0.15) is 46.6 Å². The first-order valence-corrected chi connectivity index (χ1v) is 12.4. The van der Waals surface area contributed by atoms with E-state index in [4.69, 9.17) is 14.2 Å². The number of anilines is 3. The van der Waals surface area contributed by atoms with Crippen LogP contribution < -0.4 is 15.4 Å². The summed E-state index contributed by atoms with van der Waals surface area (Å²) >= 11 is 0. The molecule has 3 rings (SSSR count). The van der Waals surface area contributed by atoms with Crippen LogP contribution in [0.25, 0.3) is 5.69 Å². The molecule has 0 saturated carbocycles. The molecular weight excluding hydrogens is 507 g/mol. The first-order chi connectivity index (χ1) is 18.5. The van der Waals surface area contributed by atoms with Crippen molar-refractivity contribution in [1.82, 2.24) is 25.0 Å². The van der Waals surface area contributed by atoms with Gasteiger partial charge in [-0.25, -0.2) is 19.0 Å². The van der Waals surface area contributed by atoms with Crippen LogP contribution in [0.3, 0.4) is 0 Å². The van der Waals surface area contributed by atoms with Gasteiger partial charge in [0, 0.05) is 6.61 Å². The molecule has 0 aliphatic heterocycles. The summed E-state index contributed by atoms with van der Waals surface area (Å²) in [5.41, 5.74) is 0.309. The van der Waals surface area contributed by atoms with Gasteiger partial charge in [-0.3, -0.25) is 4.79 Å². The summed E-state index contributed by atoms with van der Waals surface area (Å²) < 4.78 is 32.9. The van der Waals surface area contributed by atoms with Crippen LogP contribution in [-0.2, 0) is 14.3 Å². The van der Waals surface area contributed by atoms with Crippen LogP contribution >= 0.6 is 0 Å². The molecule has 0 bridgehead atoms. The van der Waals surface area contributed by atoms with E-state index in [0.717, 1.165) is 6.07 Å². The molecule has 0 aromatic carbocycles. The van der Waals surface area contributed by atoms with Crippen molar-refractivity contribution in [2.75, 3.05) is 31.0 Å². The van der Waals surface area contributed by atoms with Crippen molar-refractivity contribution in [2.24, 2.45) is 5.92 Å². The van der Waals surface area contributed by atoms with Crippen LogP contribution in [0.4, 0.5) is 21.7 Å². The Balaban J connectivity index is 1.88. The normalized spacial score (nSPS) is 12.8. The highest BCUT2D eigenvalue weighted by molar-refractivity contribution is 5.70. The lowest BCUT2D eigenvalue weighted by atomic mass is 9.98. The molecular formula is C26H33FN8O4. The van der Waals surface area contributed by atoms with E-state index in [1.807, 2.05) is 19.9 Å². The maximum Gasteiger partial charge on any atom is 0.306 e. The molecule has 0 saturated heterocycles. The summed E-state index contributed by atoms with van der Waals surface area (Å²) in [4.78, 5) is 21.0. The number of hydrogen-bond acceptors (Lipinski definition) is 11. The van der Waals surface area contributed by atoms with Crippen molar-refractivity contribution in [1.29, 1.82) is 5.26 Å². The first kappa shape index (κ1) is 29.2. The molecule has 12 nitrogen and oxygen atoms in total. The molecule has 3 aromatic rings. The highest BCUT2D eigenvalue weighted by Gasteiger charge is 2.26. The van der Waals surface area contributed by atoms with Gasteiger partial charge < -0.3 is 24.8 Å². The Bertz CT molecular complexity index is 1300. The predicted molar refractivity (Wildman–Crippen MR) is 141 cm³/mol. The summed E-state index contributed by atoms with van der Waals surface area (Å²) in [6.45, 7) is 9.71. The van der Waals surface area contributed by atoms with Crippen LogP contribution in [0.2, 0.25) is 0 Å². The second-order valence-corrected chi connectivity index (χ2v) is 9.73. The number of esters is 1. The minimum absolute atomic E-state index is 0.0145. The molecule has 0 aliphatic carbocycles. The number of rotatable bonds is 12. The van der Waals surface area contributed by atoms with Gasteiger partial charge in [-0.1, -0.05) is 12.1 Å². The fourth-order valence-corrected chi connectivity index (χ4v) is 3.63. The topological polar surface area (TPSA) is 149 Å². The van der Waals surface area contributed by atoms with Gasteiger partial charge in [-0.15, -0.1) is 5.10 Å². The van der Waals surface area contributed by atoms with Crippen molar-refractivity contribution in [3.8, 4) is 17.6 Å². The number of nitriles is 1. The van der Waals surface area contributed by atoms with Crippen molar-refractivity contribution < 1.29 is 23.4 Å². The highest BCUT2D eigenvalue weighted by atomic mass is 19.1. The Morgan fingerprint density at radius 2 is 2.05 bits per heavy atom. The van der Waals surface area contributed by atoms with Gasteiger partial charge in [0.1, 0.15) is 17.4 Å². The summed E-state index contributed by atoms with van der Waals surface area (Å²) in [5, 5.41) is 23.5. The molecule has 208 valence electrons. The Morgan fingerprint density at radius 1 is 1.28 bits per heavy atom. The van der Waals surface area contributed by atoms with E-state index in [1.165, 1.54) is 24.2 Å². The van der Waals surface area contributed by atoms with Gasteiger partial charge in [0.2, 0.25) is 5.88 Å². The molecule has 2 N–H and O–H groups in total. The maximum atomic E-state index is 15.1. The smallest absolute Gasteiger partial charge is 0.306 e. The number of carbonyl (C=O) groups is 1. The summed E-state index contributed by atoms with van der Waals surface area (Å²) in [7, 11) is 1.48. The van der Waals surface area contributed by atoms with Gasteiger partial charge in [0.15, 0.2) is 17.5 Å². The van der Waals surface area contributed by atoms with Crippen LogP contribution in [-0.4, -0.2) is 62.9 Å². The monoisotopic (exact) mass is 540 g/mol. The molecule has 0 fully saturated rings. The Morgan fingerprint density at radius 3 is 2.67 bits per heavy atom. The zero-order valence-corrected chi connectivity index (χ0v) is 22.9. The summed E-state index contributed by atoms with van der Waals surface area (Å²) in [6.07, 6.45) is 4.71. The van der Waals surface area contributed by atoms with E-state index in [1.54, 1.807) is 33.0 Å². The van der Waals surface area contributed by atoms with E-state index < -0.39 is 17.5 Å². The van der Waals surface area contributed by atoms with E-state index in [0.29, 0.717) is 23.9 Å². The zero-order chi connectivity index (χ0) is 28.6. The van der Waals surface area contributed by atoms with Gasteiger partial charge in [-0.2, -0.15) is 5.26 Å². The van der Waals surface area contributed by atoms with E-state index in [9.17, 15) is 10.1 Å². The Labute approximate surface area is 226 Å². The number of halogens is 1. The van der Waals surface area contributed by atoms with Crippen LogP contribution in [0, 0.1) is 23.1 Å². The van der Waals surface area contributed by atoms with Crippen LogP contribution in [0.5, 0.6) is 5.88 Å². The molecule has 0 unspecified atom stereocenters. The first-order valence-electron chi connectivity index (χ1n) is 12.4. The molecule has 13 heteroatoms. The van der Waals surface area contributed by atoms with E-state index in [2.05, 4.69) is 30.9 Å². The minimum Gasteiger partial charge on any atom is -0.479 e. The number of nitrogens with one attached hydrogen (secondary N) is 2. The number of pyridine rings is 2. The average molecular weight is 541 g/mol. The number of ether oxygens (including phenoxy) is 3. The Hall–Kier alpha value is -4.31. The summed E-state index contributed by atoms with van der Waals surface area (Å²) in [6, 6.07) is 4.25. The van der Waals surface area contributed by atoms with Crippen molar-refractivity contribution >= 4 is 23.3 Å². The third-order valence-corrected chi connectivity index (χ3v) is 5.47. The van der Waals surface area contributed by atoms with Gasteiger partial charge >= 0.3 is 5.97 Å². The average Bonchev–Trinajstić information content (AvgIpc) is 3.41. The SMILES string of the molecule is CCOC[C@@H](Nc1nc(Nc2cnc(OC)c(-n3ccnn3)c2)c(C#N)cc1F)[C@H](C)CC(=O)OC(C)(C)C. The lowest BCUT2D eigenvalue weighted by Gasteiger charge is -2.27. The van der Waals surface area contributed by atoms with E-state index in [-0.39, 0.29) is 42.1 Å². The standard InChI is InChI=1S/C26H33FN8O4/c1-7-38-15-20(16(2)10-22(36)39-26(3,4)5)32-24-19(27)11-17(13-28)23(33-24)31-18-12-21(25(37-6)29-14-18)35-9-8-30-34-35/h8-9,11-12,14,16,20H,7,10,15H2,1-6H3,(H2,31,32,33)/t16-,20-/m1/s1. The fraction of sp³-hybridized carbons (Fsp3) is 0.462. The van der Waals surface area contributed by atoms with Crippen LogP contribution in [0.15, 0.2) is 30.7 Å². The predicted octanol–water partition coefficient (Wildman–Crippen LogP) is 4.01. The minimum atomic E-state index is -0.723.